The van der Waals surface area contributed by atoms with Crippen LogP contribution in [-0.4, -0.2) is 56.9 Å². The Morgan fingerprint density at radius 3 is 2.89 bits per heavy atom. The molecule has 27 heavy (non-hydrogen) atoms. The lowest BCUT2D eigenvalue weighted by Gasteiger charge is -2.33. The summed E-state index contributed by atoms with van der Waals surface area (Å²) in [7, 11) is 0. The van der Waals surface area contributed by atoms with Crippen molar-refractivity contribution < 1.29 is 14.2 Å². The molecule has 2 aromatic heterocycles. The normalized spacial score (nSPS) is 19.3. The number of fused-ring (bicyclic) bond motifs is 1. The number of β-amino-alcohol motifs (C(OH)–C–C–N with tert-alkyl or cyclic N) is 1. The number of aromatic nitrogens is 3. The van der Waals surface area contributed by atoms with Gasteiger partial charge in [-0.2, -0.15) is 0 Å². The van der Waals surface area contributed by atoms with Crippen LogP contribution in [0.15, 0.2) is 48.7 Å². The number of aliphatic hydroxyl groups excluding tert-OH is 1. The van der Waals surface area contributed by atoms with E-state index in [0.29, 0.717) is 18.2 Å². The molecule has 3 aromatic rings. The highest BCUT2D eigenvalue weighted by Gasteiger charge is 2.26. The van der Waals surface area contributed by atoms with Crippen LogP contribution >= 0.6 is 0 Å². The van der Waals surface area contributed by atoms with Gasteiger partial charge >= 0.3 is 0 Å². The van der Waals surface area contributed by atoms with Gasteiger partial charge in [0.05, 0.1) is 0 Å². The number of piperidine rings is 1. The van der Waals surface area contributed by atoms with E-state index in [-0.39, 0.29) is 12.4 Å². The average Bonchev–Trinajstić information content (AvgIpc) is 3.12. The summed E-state index contributed by atoms with van der Waals surface area (Å²) < 4.78 is 20.5. The number of halogens is 1. The molecule has 1 aliphatic rings. The van der Waals surface area contributed by atoms with Gasteiger partial charge in [0.15, 0.2) is 5.65 Å². The van der Waals surface area contributed by atoms with Crippen molar-refractivity contribution in [1.29, 1.82) is 0 Å². The van der Waals surface area contributed by atoms with Gasteiger partial charge in [0, 0.05) is 25.2 Å². The summed E-state index contributed by atoms with van der Waals surface area (Å²) in [6.45, 7) is 2.50. The fraction of sp³-hybridized carbons (Fsp3) is 0.400. The fourth-order valence-electron chi connectivity index (χ4n) is 3.64. The highest BCUT2D eigenvalue weighted by atomic mass is 19.1. The maximum absolute atomic E-state index is 12.9. The van der Waals surface area contributed by atoms with Crippen molar-refractivity contribution in [2.45, 2.75) is 24.9 Å². The Morgan fingerprint density at radius 2 is 2.04 bits per heavy atom. The van der Waals surface area contributed by atoms with Crippen molar-refractivity contribution in [1.82, 2.24) is 19.5 Å². The van der Waals surface area contributed by atoms with Crippen molar-refractivity contribution in [3.05, 3.63) is 60.3 Å². The van der Waals surface area contributed by atoms with Crippen LogP contribution in [0.4, 0.5) is 4.39 Å². The summed E-state index contributed by atoms with van der Waals surface area (Å²) in [4.78, 5) is 2.25. The van der Waals surface area contributed by atoms with Gasteiger partial charge in [0.2, 0.25) is 0 Å². The molecule has 0 bridgehead atoms. The van der Waals surface area contributed by atoms with Crippen molar-refractivity contribution in [3.8, 4) is 5.75 Å². The number of aliphatic hydroxyl groups is 1. The minimum Gasteiger partial charge on any atom is -0.491 e. The first-order valence-corrected chi connectivity index (χ1v) is 9.27. The van der Waals surface area contributed by atoms with Gasteiger partial charge in [-0.25, -0.2) is 4.39 Å². The number of hydrogen-bond acceptors (Lipinski definition) is 5. The Labute approximate surface area is 157 Å². The zero-order chi connectivity index (χ0) is 18.6. The molecule has 0 saturated carbocycles. The largest absolute Gasteiger partial charge is 0.491 e. The third-order valence-corrected chi connectivity index (χ3v) is 4.94. The monoisotopic (exact) mass is 370 g/mol. The van der Waals surface area contributed by atoms with Crippen LogP contribution in [-0.2, 0) is 0 Å². The summed E-state index contributed by atoms with van der Waals surface area (Å²) >= 11 is 0. The third kappa shape index (κ3) is 4.26. The van der Waals surface area contributed by atoms with E-state index >= 15 is 0 Å². The molecular formula is C20H23FN4O2. The first-order chi connectivity index (χ1) is 13.2. The van der Waals surface area contributed by atoms with Crippen LogP contribution in [0.3, 0.4) is 0 Å². The minimum atomic E-state index is -0.607. The SMILES string of the molecule is O[C@H](COc1ccc(F)cc1)CN1CCC[C@@H](c2nnc3ccccn23)C1. The van der Waals surface area contributed by atoms with Crippen LogP contribution < -0.4 is 4.74 Å². The van der Waals surface area contributed by atoms with E-state index in [9.17, 15) is 9.50 Å². The van der Waals surface area contributed by atoms with Gasteiger partial charge in [-0.1, -0.05) is 6.07 Å². The summed E-state index contributed by atoms with van der Waals surface area (Å²) in [6, 6.07) is 11.7. The fourth-order valence-corrected chi connectivity index (χ4v) is 3.64. The second-order valence-corrected chi connectivity index (χ2v) is 7.00. The van der Waals surface area contributed by atoms with Gasteiger partial charge in [-0.15, -0.1) is 10.2 Å². The van der Waals surface area contributed by atoms with E-state index in [1.807, 2.05) is 28.8 Å². The molecular weight excluding hydrogens is 347 g/mol. The van der Waals surface area contributed by atoms with Crippen molar-refractivity contribution in [3.63, 3.8) is 0 Å². The molecule has 6 nitrogen and oxygen atoms in total. The molecule has 1 saturated heterocycles. The average molecular weight is 370 g/mol. The Hall–Kier alpha value is -2.51. The van der Waals surface area contributed by atoms with Crippen molar-refractivity contribution in [2.24, 2.45) is 0 Å². The Kier molecular flexibility index (Phi) is 5.31. The third-order valence-electron chi connectivity index (χ3n) is 4.94. The summed E-state index contributed by atoms with van der Waals surface area (Å²) in [5, 5.41) is 19.0. The first-order valence-electron chi connectivity index (χ1n) is 9.27. The van der Waals surface area contributed by atoms with Gasteiger partial charge in [0.1, 0.15) is 30.1 Å². The number of likely N-dealkylation sites (tertiary alicyclic amines) is 1. The van der Waals surface area contributed by atoms with E-state index in [0.717, 1.165) is 37.4 Å². The molecule has 0 aliphatic carbocycles. The lowest BCUT2D eigenvalue weighted by Crippen LogP contribution is -2.41. The lowest BCUT2D eigenvalue weighted by molar-refractivity contribution is 0.0577. The molecule has 0 radical (unpaired) electrons. The van der Waals surface area contributed by atoms with Crippen molar-refractivity contribution in [2.75, 3.05) is 26.2 Å². The zero-order valence-corrected chi connectivity index (χ0v) is 15.0. The van der Waals surface area contributed by atoms with Gasteiger partial charge < -0.3 is 9.84 Å². The van der Waals surface area contributed by atoms with Crippen LogP contribution in [0.2, 0.25) is 0 Å². The number of benzene rings is 1. The molecule has 3 heterocycles. The zero-order valence-electron chi connectivity index (χ0n) is 15.0. The summed E-state index contributed by atoms with van der Waals surface area (Å²) in [5.74, 6) is 1.53. The Bertz CT molecular complexity index is 883. The molecule has 0 unspecified atom stereocenters. The van der Waals surface area contributed by atoms with Gasteiger partial charge in [0.25, 0.3) is 0 Å². The molecule has 1 aliphatic heterocycles. The first kappa shape index (κ1) is 17.9. The van der Waals surface area contributed by atoms with Crippen LogP contribution in [0.5, 0.6) is 5.75 Å². The maximum Gasteiger partial charge on any atom is 0.160 e. The Balaban J connectivity index is 1.33. The minimum absolute atomic E-state index is 0.181. The van der Waals surface area contributed by atoms with Crippen LogP contribution in [0.1, 0.15) is 24.6 Å². The molecule has 0 spiro atoms. The molecule has 4 rings (SSSR count). The lowest BCUT2D eigenvalue weighted by atomic mass is 9.97. The number of nitrogens with zero attached hydrogens (tertiary/aromatic N) is 4. The maximum atomic E-state index is 12.9. The van der Waals surface area contributed by atoms with E-state index < -0.39 is 6.10 Å². The summed E-state index contributed by atoms with van der Waals surface area (Å²) in [5.41, 5.74) is 0.859. The second-order valence-electron chi connectivity index (χ2n) is 7.00. The molecule has 1 N–H and O–H groups in total. The molecule has 142 valence electrons. The number of ether oxygens (including phenoxy) is 1. The second kappa shape index (κ2) is 8.02. The van der Waals surface area contributed by atoms with E-state index in [1.54, 1.807) is 12.1 Å². The van der Waals surface area contributed by atoms with Crippen molar-refractivity contribution >= 4 is 5.65 Å². The molecule has 1 fully saturated rings. The number of pyridine rings is 1. The van der Waals surface area contributed by atoms with E-state index in [4.69, 9.17) is 4.74 Å². The predicted molar refractivity (Wildman–Crippen MR) is 99.3 cm³/mol. The standard InChI is InChI=1S/C20H23FN4O2/c21-16-6-8-18(9-7-16)27-14-17(26)13-24-10-3-4-15(12-24)20-23-22-19-5-1-2-11-25(19)20/h1-2,5-9,11,15,17,26H,3-4,10,12-14H2/t15-,17+/m1/s1. The van der Waals surface area contributed by atoms with Crippen LogP contribution in [0, 0.1) is 5.82 Å². The van der Waals surface area contributed by atoms with Crippen LogP contribution in [0.25, 0.3) is 5.65 Å². The highest BCUT2D eigenvalue weighted by Crippen LogP contribution is 2.26. The Morgan fingerprint density at radius 1 is 1.19 bits per heavy atom. The molecule has 0 amide bonds. The van der Waals surface area contributed by atoms with Gasteiger partial charge in [-0.3, -0.25) is 9.30 Å². The molecule has 1 aromatic carbocycles. The van der Waals surface area contributed by atoms with Gasteiger partial charge in [-0.05, 0) is 55.8 Å². The predicted octanol–water partition coefficient (Wildman–Crippen LogP) is 2.49. The van der Waals surface area contributed by atoms with E-state index in [2.05, 4.69) is 15.1 Å². The molecule has 7 heteroatoms. The van der Waals surface area contributed by atoms with E-state index in [1.165, 1.54) is 12.1 Å². The smallest absolute Gasteiger partial charge is 0.160 e. The summed E-state index contributed by atoms with van der Waals surface area (Å²) in [6.07, 6.45) is 3.50. The number of hydrogen-bond donors (Lipinski definition) is 1. The topological polar surface area (TPSA) is 62.9 Å². The highest BCUT2D eigenvalue weighted by molar-refractivity contribution is 5.37. The number of rotatable bonds is 6. The quantitative estimate of drug-likeness (QED) is 0.722. The molecule has 2 atom stereocenters.